The highest BCUT2D eigenvalue weighted by Gasteiger charge is 2.16. The summed E-state index contributed by atoms with van der Waals surface area (Å²) in [6.07, 6.45) is 0.689. The second kappa shape index (κ2) is 6.05. The van der Waals surface area contributed by atoms with Crippen LogP contribution in [0.5, 0.6) is 0 Å². The largest absolute Gasteiger partial charge is 0.444 e. The fourth-order valence-corrected chi connectivity index (χ4v) is 3.04. The van der Waals surface area contributed by atoms with E-state index in [0.29, 0.717) is 28.5 Å². The highest BCUT2D eigenvalue weighted by atomic mass is 79.9. The Morgan fingerprint density at radius 2 is 2.27 bits per heavy atom. The van der Waals surface area contributed by atoms with Crippen LogP contribution in [0.25, 0.3) is 10.7 Å². The first-order valence-electron chi connectivity index (χ1n) is 6.57. The SMILES string of the molecule is CCc1nc(-c2cc(NC(=O)c3ccc(Br)o3)c(C)s2)no1. The van der Waals surface area contributed by atoms with Gasteiger partial charge in [0.2, 0.25) is 11.7 Å². The van der Waals surface area contributed by atoms with Gasteiger partial charge in [0, 0.05) is 11.3 Å². The van der Waals surface area contributed by atoms with Gasteiger partial charge in [-0.05, 0) is 41.1 Å². The molecule has 0 atom stereocenters. The van der Waals surface area contributed by atoms with Crippen LogP contribution in [-0.2, 0) is 6.42 Å². The average Bonchev–Trinajstić information content (AvgIpc) is 3.19. The lowest BCUT2D eigenvalue weighted by Crippen LogP contribution is -2.10. The van der Waals surface area contributed by atoms with Gasteiger partial charge in [-0.1, -0.05) is 12.1 Å². The molecule has 0 saturated carbocycles. The van der Waals surface area contributed by atoms with Crippen molar-refractivity contribution in [3.05, 3.63) is 39.4 Å². The number of nitrogens with one attached hydrogen (secondary N) is 1. The molecule has 0 saturated heterocycles. The molecule has 3 aromatic heterocycles. The van der Waals surface area contributed by atoms with Gasteiger partial charge in [0.05, 0.1) is 10.6 Å². The predicted molar refractivity (Wildman–Crippen MR) is 86.1 cm³/mol. The van der Waals surface area contributed by atoms with Gasteiger partial charge < -0.3 is 14.3 Å². The summed E-state index contributed by atoms with van der Waals surface area (Å²) in [4.78, 5) is 18.2. The van der Waals surface area contributed by atoms with E-state index in [1.54, 1.807) is 12.1 Å². The Morgan fingerprint density at radius 3 is 2.91 bits per heavy atom. The first-order chi connectivity index (χ1) is 10.6. The predicted octanol–water partition coefficient (Wildman–Crippen LogP) is 4.28. The van der Waals surface area contributed by atoms with Crippen molar-refractivity contribution in [3.8, 4) is 10.7 Å². The molecule has 0 aliphatic heterocycles. The molecule has 8 heteroatoms. The molecule has 0 aliphatic carbocycles. The quantitative estimate of drug-likeness (QED) is 0.729. The van der Waals surface area contributed by atoms with Crippen molar-refractivity contribution < 1.29 is 13.7 Å². The molecule has 6 nitrogen and oxygen atoms in total. The molecule has 1 amide bonds. The number of carbonyl (C=O) groups is 1. The average molecular weight is 382 g/mol. The Hall–Kier alpha value is -1.93. The third-order valence-corrected chi connectivity index (χ3v) is 4.43. The molecule has 0 spiro atoms. The standard InChI is InChI=1S/C14H12BrN3O3S/c1-3-12-17-13(18-21-12)10-6-8(7(2)22-10)16-14(19)9-4-5-11(15)20-9/h4-6H,3H2,1-2H3,(H,16,19). The molecular weight excluding hydrogens is 370 g/mol. The van der Waals surface area contributed by atoms with Gasteiger partial charge in [0.1, 0.15) is 0 Å². The second-order valence-corrected chi connectivity index (χ2v) is 6.54. The number of furan rings is 1. The van der Waals surface area contributed by atoms with Crippen LogP contribution in [0.1, 0.15) is 28.2 Å². The fraction of sp³-hybridized carbons (Fsp3) is 0.214. The minimum atomic E-state index is -0.305. The Morgan fingerprint density at radius 1 is 1.45 bits per heavy atom. The fourth-order valence-electron chi connectivity index (χ4n) is 1.84. The van der Waals surface area contributed by atoms with E-state index in [4.69, 9.17) is 8.94 Å². The van der Waals surface area contributed by atoms with Crippen LogP contribution in [0.15, 0.2) is 31.8 Å². The monoisotopic (exact) mass is 381 g/mol. The lowest BCUT2D eigenvalue weighted by Gasteiger charge is -2.00. The lowest BCUT2D eigenvalue weighted by molar-refractivity contribution is 0.0995. The molecule has 3 heterocycles. The molecule has 114 valence electrons. The number of hydrogen-bond acceptors (Lipinski definition) is 6. The summed E-state index contributed by atoms with van der Waals surface area (Å²) in [5, 5.41) is 6.76. The Balaban J connectivity index is 1.81. The highest BCUT2D eigenvalue weighted by Crippen LogP contribution is 2.33. The molecule has 0 aromatic carbocycles. The number of thiophene rings is 1. The summed E-state index contributed by atoms with van der Waals surface area (Å²) < 4.78 is 10.9. The topological polar surface area (TPSA) is 81.2 Å². The molecule has 0 radical (unpaired) electrons. The van der Waals surface area contributed by atoms with Crippen molar-refractivity contribution in [1.29, 1.82) is 0 Å². The minimum Gasteiger partial charge on any atom is -0.444 e. The van der Waals surface area contributed by atoms with Gasteiger partial charge in [0.25, 0.3) is 5.91 Å². The summed E-state index contributed by atoms with van der Waals surface area (Å²) in [5.41, 5.74) is 0.709. The summed E-state index contributed by atoms with van der Waals surface area (Å²) >= 11 is 4.67. The molecule has 0 aliphatic rings. The van der Waals surface area contributed by atoms with Crippen LogP contribution in [0, 0.1) is 6.92 Å². The number of anilines is 1. The van der Waals surface area contributed by atoms with Gasteiger partial charge in [-0.3, -0.25) is 4.79 Å². The van der Waals surface area contributed by atoms with E-state index in [2.05, 4.69) is 31.4 Å². The van der Waals surface area contributed by atoms with Crippen LogP contribution in [0.3, 0.4) is 0 Å². The zero-order valence-corrected chi connectivity index (χ0v) is 14.2. The minimum absolute atomic E-state index is 0.242. The molecule has 22 heavy (non-hydrogen) atoms. The summed E-state index contributed by atoms with van der Waals surface area (Å²) in [6, 6.07) is 5.11. The third-order valence-electron chi connectivity index (χ3n) is 2.95. The van der Waals surface area contributed by atoms with Crippen molar-refractivity contribution >= 4 is 38.9 Å². The van der Waals surface area contributed by atoms with E-state index in [9.17, 15) is 4.79 Å². The molecule has 0 unspecified atom stereocenters. The van der Waals surface area contributed by atoms with E-state index >= 15 is 0 Å². The summed E-state index contributed by atoms with van der Waals surface area (Å²) in [5.74, 6) is 1.06. The zero-order valence-electron chi connectivity index (χ0n) is 11.8. The number of halogens is 1. The number of carbonyl (C=O) groups excluding carboxylic acids is 1. The van der Waals surface area contributed by atoms with E-state index in [0.717, 1.165) is 9.75 Å². The van der Waals surface area contributed by atoms with Crippen LogP contribution in [-0.4, -0.2) is 16.0 Å². The number of hydrogen-bond donors (Lipinski definition) is 1. The van der Waals surface area contributed by atoms with Crippen LogP contribution in [0.4, 0.5) is 5.69 Å². The van der Waals surface area contributed by atoms with Crippen LogP contribution in [0.2, 0.25) is 0 Å². The number of amides is 1. The van der Waals surface area contributed by atoms with Crippen LogP contribution < -0.4 is 5.32 Å². The van der Waals surface area contributed by atoms with Crippen molar-refractivity contribution in [2.45, 2.75) is 20.3 Å². The first-order valence-corrected chi connectivity index (χ1v) is 8.18. The summed E-state index contributed by atoms with van der Waals surface area (Å²) in [6.45, 7) is 3.87. The molecule has 0 bridgehead atoms. The smallest absolute Gasteiger partial charge is 0.291 e. The molecule has 3 rings (SSSR count). The van der Waals surface area contributed by atoms with Gasteiger partial charge in [-0.15, -0.1) is 11.3 Å². The van der Waals surface area contributed by atoms with Gasteiger partial charge >= 0.3 is 0 Å². The number of aromatic nitrogens is 2. The Kier molecular flexibility index (Phi) is 4.12. The van der Waals surface area contributed by atoms with E-state index in [-0.39, 0.29) is 11.7 Å². The lowest BCUT2D eigenvalue weighted by atomic mass is 10.3. The van der Waals surface area contributed by atoms with Crippen molar-refractivity contribution in [2.24, 2.45) is 0 Å². The van der Waals surface area contributed by atoms with E-state index in [1.807, 2.05) is 19.9 Å². The molecule has 0 fully saturated rings. The second-order valence-electron chi connectivity index (χ2n) is 4.50. The maximum atomic E-state index is 12.1. The maximum Gasteiger partial charge on any atom is 0.291 e. The maximum absolute atomic E-state index is 12.1. The Labute approximate surface area is 138 Å². The van der Waals surface area contributed by atoms with Crippen molar-refractivity contribution in [1.82, 2.24) is 10.1 Å². The molecule has 3 aromatic rings. The van der Waals surface area contributed by atoms with Gasteiger partial charge in [-0.25, -0.2) is 0 Å². The van der Waals surface area contributed by atoms with Crippen LogP contribution >= 0.6 is 27.3 Å². The molecular formula is C14H12BrN3O3S. The number of aryl methyl sites for hydroxylation is 2. The van der Waals surface area contributed by atoms with E-state index in [1.165, 1.54) is 11.3 Å². The Bertz CT molecular complexity index is 821. The van der Waals surface area contributed by atoms with Gasteiger partial charge in [-0.2, -0.15) is 4.98 Å². The molecule has 1 N–H and O–H groups in total. The van der Waals surface area contributed by atoms with E-state index < -0.39 is 0 Å². The zero-order chi connectivity index (χ0) is 15.7. The van der Waals surface area contributed by atoms with Crippen molar-refractivity contribution in [2.75, 3.05) is 5.32 Å². The number of rotatable bonds is 4. The van der Waals surface area contributed by atoms with Gasteiger partial charge in [0.15, 0.2) is 10.4 Å². The number of nitrogens with zero attached hydrogens (tertiary/aromatic N) is 2. The highest BCUT2D eigenvalue weighted by molar-refractivity contribution is 9.10. The summed E-state index contributed by atoms with van der Waals surface area (Å²) in [7, 11) is 0. The first kappa shape index (κ1) is 15.0. The van der Waals surface area contributed by atoms with Crippen molar-refractivity contribution in [3.63, 3.8) is 0 Å². The third kappa shape index (κ3) is 2.97. The normalized spacial score (nSPS) is 10.9.